The molecule has 4 heteroatoms. The standard InChI is InChI=1S/C15H29N3O/c1-4-16-5-7-17(8-6-16)12-15(19)18-10-13(2)9-14(3)11-18/h13-14H,4-12H2,1-3H3. The Morgan fingerprint density at radius 2 is 1.53 bits per heavy atom. The number of hydrogen-bond acceptors (Lipinski definition) is 3. The van der Waals surface area contributed by atoms with Gasteiger partial charge in [0, 0.05) is 39.3 Å². The van der Waals surface area contributed by atoms with Gasteiger partial charge in [-0.3, -0.25) is 9.69 Å². The van der Waals surface area contributed by atoms with Gasteiger partial charge in [-0.2, -0.15) is 0 Å². The van der Waals surface area contributed by atoms with Crippen molar-refractivity contribution in [3.63, 3.8) is 0 Å². The Kier molecular flexibility index (Phi) is 5.22. The van der Waals surface area contributed by atoms with Crippen molar-refractivity contribution < 1.29 is 4.79 Å². The molecule has 2 fully saturated rings. The first kappa shape index (κ1) is 14.8. The number of carbonyl (C=O) groups excluding carboxylic acids is 1. The average molecular weight is 267 g/mol. The number of likely N-dealkylation sites (tertiary alicyclic amines) is 1. The molecule has 0 bridgehead atoms. The Labute approximate surface area is 117 Å². The monoisotopic (exact) mass is 267 g/mol. The molecular weight excluding hydrogens is 238 g/mol. The van der Waals surface area contributed by atoms with E-state index in [0.29, 0.717) is 24.3 Å². The fourth-order valence-electron chi connectivity index (χ4n) is 3.42. The van der Waals surface area contributed by atoms with Crippen molar-refractivity contribution in [1.82, 2.24) is 14.7 Å². The molecule has 4 nitrogen and oxygen atoms in total. The van der Waals surface area contributed by atoms with Gasteiger partial charge in [-0.1, -0.05) is 20.8 Å². The van der Waals surface area contributed by atoms with Crippen molar-refractivity contribution in [2.75, 3.05) is 52.4 Å². The van der Waals surface area contributed by atoms with Crippen LogP contribution in [0.2, 0.25) is 0 Å². The first-order valence-corrected chi connectivity index (χ1v) is 7.81. The fraction of sp³-hybridized carbons (Fsp3) is 0.933. The van der Waals surface area contributed by atoms with Gasteiger partial charge in [-0.25, -0.2) is 0 Å². The first-order chi connectivity index (χ1) is 9.08. The van der Waals surface area contributed by atoms with E-state index >= 15 is 0 Å². The van der Waals surface area contributed by atoms with Crippen LogP contribution in [0.5, 0.6) is 0 Å². The highest BCUT2D eigenvalue weighted by Gasteiger charge is 2.27. The van der Waals surface area contributed by atoms with E-state index in [0.717, 1.165) is 45.8 Å². The van der Waals surface area contributed by atoms with Crippen LogP contribution >= 0.6 is 0 Å². The molecule has 0 aliphatic carbocycles. The van der Waals surface area contributed by atoms with Crippen molar-refractivity contribution in [1.29, 1.82) is 0 Å². The topological polar surface area (TPSA) is 26.8 Å². The molecule has 0 N–H and O–H groups in total. The molecule has 2 aliphatic heterocycles. The van der Waals surface area contributed by atoms with Crippen molar-refractivity contribution in [3.8, 4) is 0 Å². The molecule has 2 atom stereocenters. The van der Waals surface area contributed by atoms with E-state index in [-0.39, 0.29) is 0 Å². The maximum absolute atomic E-state index is 12.4. The van der Waals surface area contributed by atoms with Gasteiger partial charge in [0.2, 0.25) is 5.91 Å². The molecule has 2 heterocycles. The highest BCUT2D eigenvalue weighted by atomic mass is 16.2. The van der Waals surface area contributed by atoms with Crippen LogP contribution in [0.3, 0.4) is 0 Å². The summed E-state index contributed by atoms with van der Waals surface area (Å²) in [6.45, 7) is 14.7. The summed E-state index contributed by atoms with van der Waals surface area (Å²) < 4.78 is 0. The summed E-state index contributed by atoms with van der Waals surface area (Å²) in [6.07, 6.45) is 1.26. The normalized spacial score (nSPS) is 30.6. The zero-order valence-corrected chi connectivity index (χ0v) is 12.8. The van der Waals surface area contributed by atoms with Gasteiger partial charge >= 0.3 is 0 Å². The molecule has 2 rings (SSSR count). The molecule has 2 unspecified atom stereocenters. The molecule has 0 aromatic carbocycles. The first-order valence-electron chi connectivity index (χ1n) is 7.81. The lowest BCUT2D eigenvalue weighted by atomic mass is 9.92. The number of piperazine rings is 1. The van der Waals surface area contributed by atoms with Crippen LogP contribution in [0.4, 0.5) is 0 Å². The third-order valence-corrected chi connectivity index (χ3v) is 4.49. The third kappa shape index (κ3) is 4.18. The lowest BCUT2D eigenvalue weighted by Gasteiger charge is -2.38. The minimum atomic E-state index is 0.336. The van der Waals surface area contributed by atoms with Crippen molar-refractivity contribution in [3.05, 3.63) is 0 Å². The predicted molar refractivity (Wildman–Crippen MR) is 78.1 cm³/mol. The summed E-state index contributed by atoms with van der Waals surface area (Å²) in [5.41, 5.74) is 0. The lowest BCUT2D eigenvalue weighted by Crippen LogP contribution is -2.51. The number of rotatable bonds is 3. The molecule has 0 radical (unpaired) electrons. The second-order valence-electron chi connectivity index (χ2n) is 6.46. The molecule has 0 aromatic rings. The van der Waals surface area contributed by atoms with E-state index in [1.54, 1.807) is 0 Å². The van der Waals surface area contributed by atoms with Gasteiger partial charge in [-0.15, -0.1) is 0 Å². The van der Waals surface area contributed by atoms with Crippen molar-refractivity contribution in [2.45, 2.75) is 27.2 Å². The summed E-state index contributed by atoms with van der Waals surface area (Å²) in [6, 6.07) is 0. The Morgan fingerprint density at radius 1 is 1.00 bits per heavy atom. The minimum absolute atomic E-state index is 0.336. The SMILES string of the molecule is CCN1CCN(CC(=O)N2CC(C)CC(C)C2)CC1. The molecule has 2 aliphatic rings. The Balaban J connectivity index is 1.78. The number of amides is 1. The Bertz CT molecular complexity index is 290. The van der Waals surface area contributed by atoms with E-state index in [2.05, 4.69) is 35.5 Å². The quantitative estimate of drug-likeness (QED) is 0.767. The number of hydrogen-bond donors (Lipinski definition) is 0. The average Bonchev–Trinajstić information content (AvgIpc) is 2.38. The second-order valence-corrected chi connectivity index (χ2v) is 6.46. The number of likely N-dealkylation sites (N-methyl/N-ethyl adjacent to an activating group) is 1. The highest BCUT2D eigenvalue weighted by Crippen LogP contribution is 2.21. The number of piperidine rings is 1. The van der Waals surface area contributed by atoms with Crippen molar-refractivity contribution in [2.24, 2.45) is 11.8 Å². The highest BCUT2D eigenvalue weighted by molar-refractivity contribution is 5.78. The molecule has 2 saturated heterocycles. The van der Waals surface area contributed by atoms with E-state index < -0.39 is 0 Å². The predicted octanol–water partition coefficient (Wildman–Crippen LogP) is 1.13. The smallest absolute Gasteiger partial charge is 0.236 e. The number of carbonyl (C=O) groups is 1. The van der Waals surface area contributed by atoms with Crippen LogP contribution in [0.1, 0.15) is 27.2 Å². The van der Waals surface area contributed by atoms with Crippen LogP contribution in [0, 0.1) is 11.8 Å². The number of nitrogens with zero attached hydrogens (tertiary/aromatic N) is 3. The third-order valence-electron chi connectivity index (χ3n) is 4.49. The maximum atomic E-state index is 12.4. The van der Waals surface area contributed by atoms with Crippen LogP contribution in [0.25, 0.3) is 0 Å². The van der Waals surface area contributed by atoms with Gasteiger partial charge in [0.05, 0.1) is 6.54 Å². The van der Waals surface area contributed by atoms with E-state index in [1.165, 1.54) is 6.42 Å². The second kappa shape index (κ2) is 6.71. The summed E-state index contributed by atoms with van der Waals surface area (Å²) >= 11 is 0. The molecule has 1 amide bonds. The van der Waals surface area contributed by atoms with Gasteiger partial charge < -0.3 is 9.80 Å². The lowest BCUT2D eigenvalue weighted by molar-refractivity contribution is -0.135. The molecule has 0 aromatic heterocycles. The fourth-order valence-corrected chi connectivity index (χ4v) is 3.42. The minimum Gasteiger partial charge on any atom is -0.341 e. The molecule has 110 valence electrons. The van der Waals surface area contributed by atoms with E-state index in [4.69, 9.17) is 0 Å². The van der Waals surface area contributed by atoms with Gasteiger partial charge in [0.25, 0.3) is 0 Å². The maximum Gasteiger partial charge on any atom is 0.236 e. The van der Waals surface area contributed by atoms with Gasteiger partial charge in [0.1, 0.15) is 0 Å². The zero-order chi connectivity index (χ0) is 13.8. The zero-order valence-electron chi connectivity index (χ0n) is 12.8. The van der Waals surface area contributed by atoms with Crippen LogP contribution in [-0.2, 0) is 4.79 Å². The van der Waals surface area contributed by atoms with E-state index in [1.807, 2.05) is 0 Å². The Hall–Kier alpha value is -0.610. The van der Waals surface area contributed by atoms with Crippen LogP contribution in [-0.4, -0.2) is 73.0 Å². The largest absolute Gasteiger partial charge is 0.341 e. The summed E-state index contributed by atoms with van der Waals surface area (Å²) in [7, 11) is 0. The summed E-state index contributed by atoms with van der Waals surface area (Å²) in [4.78, 5) is 19.2. The summed E-state index contributed by atoms with van der Waals surface area (Å²) in [5.74, 6) is 1.65. The molecule has 19 heavy (non-hydrogen) atoms. The van der Waals surface area contributed by atoms with Crippen LogP contribution in [0.15, 0.2) is 0 Å². The van der Waals surface area contributed by atoms with Crippen molar-refractivity contribution >= 4 is 5.91 Å². The molecule has 0 saturated carbocycles. The van der Waals surface area contributed by atoms with Gasteiger partial charge in [0.15, 0.2) is 0 Å². The summed E-state index contributed by atoms with van der Waals surface area (Å²) in [5, 5.41) is 0. The molecular formula is C15H29N3O. The van der Waals surface area contributed by atoms with Gasteiger partial charge in [-0.05, 0) is 24.8 Å². The van der Waals surface area contributed by atoms with E-state index in [9.17, 15) is 4.79 Å². The van der Waals surface area contributed by atoms with Crippen LogP contribution < -0.4 is 0 Å². The Morgan fingerprint density at radius 3 is 2.05 bits per heavy atom. The molecule has 0 spiro atoms.